The maximum Gasteiger partial charge on any atom is 0.321 e. The van der Waals surface area contributed by atoms with Gasteiger partial charge in [0.25, 0.3) is 5.69 Å². The van der Waals surface area contributed by atoms with Crippen molar-refractivity contribution in [3.8, 4) is 0 Å². The summed E-state index contributed by atoms with van der Waals surface area (Å²) >= 11 is 0. The van der Waals surface area contributed by atoms with Crippen LogP contribution >= 0.6 is 0 Å². The first-order valence-corrected chi connectivity index (χ1v) is 7.14. The van der Waals surface area contributed by atoms with Crippen LogP contribution in [0.15, 0.2) is 29.2 Å². The van der Waals surface area contributed by atoms with Crippen molar-refractivity contribution in [2.24, 2.45) is 0 Å². The Morgan fingerprint density at radius 2 is 1.90 bits per heavy atom. The molecular formula is C11H14N2O6S. The number of non-ortho nitro benzene ring substituents is 1. The highest BCUT2D eigenvalue weighted by Crippen LogP contribution is 2.15. The van der Waals surface area contributed by atoms with E-state index in [-0.39, 0.29) is 16.7 Å². The van der Waals surface area contributed by atoms with Crippen molar-refractivity contribution in [1.82, 2.24) is 4.72 Å². The number of carbonyl (C=O) groups is 1. The average Bonchev–Trinajstić information content (AvgIpc) is 2.36. The first-order chi connectivity index (χ1) is 9.22. The lowest BCUT2D eigenvalue weighted by atomic mass is 10.3. The van der Waals surface area contributed by atoms with Crippen LogP contribution < -0.4 is 4.72 Å². The van der Waals surface area contributed by atoms with Crippen molar-refractivity contribution in [2.45, 2.75) is 24.8 Å². The molecule has 0 bridgehead atoms. The zero-order valence-corrected chi connectivity index (χ0v) is 11.7. The summed E-state index contributed by atoms with van der Waals surface area (Å²) in [5.74, 6) is -0.703. The number of nitro benzene ring substituents is 1. The molecule has 0 saturated heterocycles. The van der Waals surface area contributed by atoms with Gasteiger partial charge in [-0.1, -0.05) is 0 Å². The average molecular weight is 302 g/mol. The van der Waals surface area contributed by atoms with Gasteiger partial charge < -0.3 is 4.74 Å². The molecule has 0 unspecified atom stereocenters. The smallest absolute Gasteiger partial charge is 0.321 e. The van der Waals surface area contributed by atoms with Crippen LogP contribution in [-0.2, 0) is 19.6 Å². The lowest BCUT2D eigenvalue weighted by Crippen LogP contribution is -2.31. The van der Waals surface area contributed by atoms with Gasteiger partial charge >= 0.3 is 5.97 Å². The molecule has 0 heterocycles. The molecule has 0 amide bonds. The fraction of sp³-hybridized carbons (Fsp3) is 0.364. The van der Waals surface area contributed by atoms with E-state index in [0.717, 1.165) is 24.3 Å². The van der Waals surface area contributed by atoms with Crippen molar-refractivity contribution in [2.75, 3.05) is 6.54 Å². The summed E-state index contributed by atoms with van der Waals surface area (Å²) in [6.07, 6.45) is -0.341. The van der Waals surface area contributed by atoms with E-state index in [1.165, 1.54) is 0 Å². The lowest BCUT2D eigenvalue weighted by Gasteiger charge is -2.09. The van der Waals surface area contributed by atoms with Crippen LogP contribution in [0.4, 0.5) is 5.69 Å². The van der Waals surface area contributed by atoms with E-state index in [1.54, 1.807) is 13.8 Å². The lowest BCUT2D eigenvalue weighted by molar-refractivity contribution is -0.384. The summed E-state index contributed by atoms with van der Waals surface area (Å²) in [4.78, 5) is 20.9. The summed E-state index contributed by atoms with van der Waals surface area (Å²) in [6.45, 7) is 2.78. The van der Waals surface area contributed by atoms with E-state index in [0.29, 0.717) is 0 Å². The van der Waals surface area contributed by atoms with Crippen LogP contribution in [0, 0.1) is 10.1 Å². The fourth-order valence-electron chi connectivity index (χ4n) is 1.29. The highest BCUT2D eigenvalue weighted by atomic mass is 32.2. The molecule has 0 fully saturated rings. The summed E-state index contributed by atoms with van der Waals surface area (Å²) in [6, 6.07) is 4.32. The molecule has 0 aliphatic heterocycles. The Morgan fingerprint density at radius 3 is 2.35 bits per heavy atom. The van der Waals surface area contributed by atoms with Gasteiger partial charge in [-0.2, -0.15) is 4.72 Å². The number of sulfonamides is 1. The monoisotopic (exact) mass is 302 g/mol. The Bertz CT molecular complexity index is 594. The largest absolute Gasteiger partial charge is 0.462 e. The Balaban J connectivity index is 2.74. The molecular weight excluding hydrogens is 288 g/mol. The summed E-state index contributed by atoms with van der Waals surface area (Å²) in [5, 5.41) is 10.5. The molecule has 20 heavy (non-hydrogen) atoms. The van der Waals surface area contributed by atoms with Crippen LogP contribution in [0.2, 0.25) is 0 Å². The number of rotatable bonds is 6. The number of nitrogens with one attached hydrogen (secondary N) is 1. The van der Waals surface area contributed by atoms with Crippen LogP contribution in [0.25, 0.3) is 0 Å². The fourth-order valence-corrected chi connectivity index (χ4v) is 2.26. The number of hydrogen-bond acceptors (Lipinski definition) is 6. The molecule has 1 rings (SSSR count). The van der Waals surface area contributed by atoms with E-state index >= 15 is 0 Å². The number of nitro groups is 1. The van der Waals surface area contributed by atoms with Gasteiger partial charge in [0.05, 0.1) is 15.9 Å². The van der Waals surface area contributed by atoms with Gasteiger partial charge in [0.15, 0.2) is 0 Å². The Hall–Kier alpha value is -2.00. The molecule has 0 aliphatic carbocycles. The molecule has 8 nitrogen and oxygen atoms in total. The zero-order valence-electron chi connectivity index (χ0n) is 10.9. The van der Waals surface area contributed by atoms with Crippen LogP contribution in [-0.4, -0.2) is 32.0 Å². The highest BCUT2D eigenvalue weighted by Gasteiger charge is 2.17. The van der Waals surface area contributed by atoms with Gasteiger partial charge in [-0.25, -0.2) is 8.42 Å². The Kier molecular flexibility index (Phi) is 5.17. The molecule has 1 aromatic carbocycles. The van der Waals surface area contributed by atoms with E-state index < -0.39 is 27.5 Å². The highest BCUT2D eigenvalue weighted by molar-refractivity contribution is 7.89. The topological polar surface area (TPSA) is 116 Å². The zero-order chi connectivity index (χ0) is 15.3. The molecule has 0 saturated carbocycles. The third-order valence-corrected chi connectivity index (χ3v) is 3.55. The Labute approximate surface area is 115 Å². The van der Waals surface area contributed by atoms with E-state index in [1.807, 2.05) is 0 Å². The van der Waals surface area contributed by atoms with Gasteiger partial charge in [-0.15, -0.1) is 0 Å². The van der Waals surface area contributed by atoms with Gasteiger partial charge in [0.2, 0.25) is 10.0 Å². The molecule has 0 aromatic heterocycles. The third-order valence-electron chi connectivity index (χ3n) is 2.13. The van der Waals surface area contributed by atoms with Gasteiger partial charge in [0, 0.05) is 12.1 Å². The van der Waals surface area contributed by atoms with Crippen molar-refractivity contribution in [3.63, 3.8) is 0 Å². The molecule has 110 valence electrons. The van der Waals surface area contributed by atoms with Gasteiger partial charge in [-0.05, 0) is 26.0 Å². The number of nitrogens with zero attached hydrogens (tertiary/aromatic N) is 1. The predicted octanol–water partition coefficient (Wildman–Crippen LogP) is 0.825. The molecule has 9 heteroatoms. The predicted molar refractivity (Wildman–Crippen MR) is 69.5 cm³/mol. The minimum atomic E-state index is -3.91. The van der Waals surface area contributed by atoms with Gasteiger partial charge in [0.1, 0.15) is 6.54 Å². The minimum Gasteiger partial charge on any atom is -0.462 e. The minimum absolute atomic E-state index is 0.166. The second-order valence-corrected chi connectivity index (χ2v) is 5.88. The SMILES string of the molecule is CC(C)OC(=O)CNS(=O)(=O)c1ccc([N+](=O)[O-])cc1. The van der Waals surface area contributed by atoms with Crippen LogP contribution in [0.3, 0.4) is 0 Å². The maximum atomic E-state index is 11.8. The molecule has 0 radical (unpaired) electrons. The van der Waals surface area contributed by atoms with Crippen molar-refractivity contribution < 1.29 is 22.9 Å². The second-order valence-electron chi connectivity index (χ2n) is 4.11. The first-order valence-electron chi connectivity index (χ1n) is 5.66. The molecule has 1 aromatic rings. The summed E-state index contributed by atoms with van der Waals surface area (Å²) in [7, 11) is -3.91. The van der Waals surface area contributed by atoms with E-state index in [2.05, 4.69) is 4.72 Å². The number of esters is 1. The first kappa shape index (κ1) is 16.1. The van der Waals surface area contributed by atoms with Crippen molar-refractivity contribution >= 4 is 21.7 Å². The third kappa shape index (κ3) is 4.59. The van der Waals surface area contributed by atoms with Crippen molar-refractivity contribution in [1.29, 1.82) is 0 Å². The van der Waals surface area contributed by atoms with E-state index in [4.69, 9.17) is 4.74 Å². The number of ether oxygens (including phenoxy) is 1. The Morgan fingerprint density at radius 1 is 1.35 bits per heavy atom. The second kappa shape index (κ2) is 6.44. The van der Waals surface area contributed by atoms with Crippen molar-refractivity contribution in [3.05, 3.63) is 34.4 Å². The van der Waals surface area contributed by atoms with Crippen LogP contribution in [0.1, 0.15) is 13.8 Å². The quantitative estimate of drug-likeness (QED) is 0.472. The maximum absolute atomic E-state index is 11.8. The summed E-state index contributed by atoms with van der Waals surface area (Å²) in [5.41, 5.74) is -0.219. The molecule has 1 N–H and O–H groups in total. The van der Waals surface area contributed by atoms with E-state index in [9.17, 15) is 23.3 Å². The standard InChI is InChI=1S/C11H14N2O6S/c1-8(2)19-11(14)7-12-20(17,18)10-5-3-9(4-6-10)13(15)16/h3-6,8,12H,7H2,1-2H3. The number of benzene rings is 1. The summed E-state index contributed by atoms with van der Waals surface area (Å²) < 4.78 is 30.5. The number of hydrogen-bond donors (Lipinski definition) is 1. The molecule has 0 aliphatic rings. The van der Waals surface area contributed by atoms with Gasteiger partial charge in [-0.3, -0.25) is 14.9 Å². The number of carbonyl (C=O) groups excluding carboxylic acids is 1. The molecule has 0 atom stereocenters. The molecule has 0 spiro atoms. The normalized spacial score (nSPS) is 11.3. The van der Waals surface area contributed by atoms with Crippen LogP contribution in [0.5, 0.6) is 0 Å².